The summed E-state index contributed by atoms with van der Waals surface area (Å²) in [6.45, 7) is 1.33. The zero-order valence-corrected chi connectivity index (χ0v) is 11.9. The van der Waals surface area contributed by atoms with Gasteiger partial charge in [-0.15, -0.1) is 0 Å². The first-order chi connectivity index (χ1) is 9.04. The molecule has 0 radical (unpaired) electrons. The van der Waals surface area contributed by atoms with Crippen molar-refractivity contribution < 1.29 is 5.11 Å². The highest BCUT2D eigenvalue weighted by molar-refractivity contribution is 6.30. The Bertz CT molecular complexity index is 524. The Morgan fingerprint density at radius 3 is 2.63 bits per heavy atom. The summed E-state index contributed by atoms with van der Waals surface area (Å²) in [6, 6.07) is 7.29. The number of hydrogen-bond acceptors (Lipinski definition) is 3. The number of aryl methyl sites for hydroxylation is 1. The molecule has 1 unspecified atom stereocenters. The monoisotopic (exact) mass is 279 g/mol. The average molecular weight is 280 g/mol. The summed E-state index contributed by atoms with van der Waals surface area (Å²) in [5.41, 5.74) is 2.01. The molecule has 0 saturated heterocycles. The molecular weight excluding hydrogens is 262 g/mol. The van der Waals surface area contributed by atoms with Crippen LogP contribution in [-0.2, 0) is 13.6 Å². The summed E-state index contributed by atoms with van der Waals surface area (Å²) in [5, 5.41) is 15.0. The Morgan fingerprint density at radius 2 is 2.05 bits per heavy atom. The number of nitrogens with zero attached hydrogens (tertiary/aromatic N) is 3. The van der Waals surface area contributed by atoms with E-state index in [-0.39, 0.29) is 0 Å². The van der Waals surface area contributed by atoms with Crippen molar-refractivity contribution in [2.75, 3.05) is 13.6 Å². The van der Waals surface area contributed by atoms with Gasteiger partial charge < -0.3 is 5.11 Å². The lowest BCUT2D eigenvalue weighted by atomic mass is 10.1. The number of aliphatic hydroxyl groups is 1. The lowest BCUT2D eigenvalue weighted by Gasteiger charge is -2.20. The minimum Gasteiger partial charge on any atom is -0.387 e. The first kappa shape index (κ1) is 14.1. The van der Waals surface area contributed by atoms with Crippen LogP contribution in [0, 0.1) is 0 Å². The van der Waals surface area contributed by atoms with E-state index in [0.29, 0.717) is 11.6 Å². The molecule has 0 aliphatic carbocycles. The van der Waals surface area contributed by atoms with Gasteiger partial charge in [0.05, 0.1) is 12.3 Å². The van der Waals surface area contributed by atoms with Gasteiger partial charge in [-0.1, -0.05) is 23.7 Å². The second-order valence-electron chi connectivity index (χ2n) is 4.79. The van der Waals surface area contributed by atoms with Crippen molar-refractivity contribution in [2.24, 2.45) is 7.05 Å². The maximum absolute atomic E-state index is 10.2. The molecule has 0 aliphatic heterocycles. The molecule has 0 saturated carbocycles. The van der Waals surface area contributed by atoms with Gasteiger partial charge in [0.25, 0.3) is 0 Å². The van der Waals surface area contributed by atoms with E-state index in [1.165, 1.54) is 0 Å². The molecule has 0 fully saturated rings. The van der Waals surface area contributed by atoms with Gasteiger partial charge in [-0.25, -0.2) is 0 Å². The maximum atomic E-state index is 10.2. The molecule has 1 N–H and O–H groups in total. The lowest BCUT2D eigenvalue weighted by Crippen LogP contribution is -2.24. The zero-order valence-electron chi connectivity index (χ0n) is 11.1. The lowest BCUT2D eigenvalue weighted by molar-refractivity contribution is 0.124. The van der Waals surface area contributed by atoms with Crippen LogP contribution in [0.4, 0.5) is 0 Å². The molecule has 1 aromatic heterocycles. The molecule has 0 amide bonds. The Hall–Kier alpha value is -1.36. The second kappa shape index (κ2) is 6.19. The van der Waals surface area contributed by atoms with Gasteiger partial charge in [-0.2, -0.15) is 5.10 Å². The van der Waals surface area contributed by atoms with E-state index in [1.807, 2.05) is 38.6 Å². The second-order valence-corrected chi connectivity index (χ2v) is 5.22. The molecule has 102 valence electrons. The number of likely N-dealkylation sites (N-methyl/N-ethyl adjacent to an activating group) is 1. The fourth-order valence-corrected chi connectivity index (χ4v) is 2.14. The first-order valence-electron chi connectivity index (χ1n) is 6.14. The van der Waals surface area contributed by atoms with Crippen molar-refractivity contribution in [1.29, 1.82) is 0 Å². The van der Waals surface area contributed by atoms with Crippen molar-refractivity contribution in [1.82, 2.24) is 14.7 Å². The van der Waals surface area contributed by atoms with E-state index in [4.69, 9.17) is 11.6 Å². The molecule has 0 aliphatic rings. The summed E-state index contributed by atoms with van der Waals surface area (Å²) in [4.78, 5) is 2.07. The van der Waals surface area contributed by atoms with Gasteiger partial charge in [0, 0.05) is 36.9 Å². The Labute approximate surface area is 118 Å². The largest absolute Gasteiger partial charge is 0.387 e. The summed E-state index contributed by atoms with van der Waals surface area (Å²) in [7, 11) is 3.87. The zero-order chi connectivity index (χ0) is 13.8. The third-order valence-electron chi connectivity index (χ3n) is 2.95. The number of aromatic nitrogens is 2. The summed E-state index contributed by atoms with van der Waals surface area (Å²) < 4.78 is 1.78. The molecule has 1 atom stereocenters. The normalized spacial score (nSPS) is 12.9. The van der Waals surface area contributed by atoms with Gasteiger partial charge in [-0.3, -0.25) is 9.58 Å². The van der Waals surface area contributed by atoms with E-state index in [0.717, 1.165) is 17.7 Å². The predicted octanol–water partition coefficient (Wildman–Crippen LogP) is 2.24. The molecule has 0 bridgehead atoms. The van der Waals surface area contributed by atoms with Crippen molar-refractivity contribution >= 4 is 11.6 Å². The fraction of sp³-hybridized carbons (Fsp3) is 0.357. The van der Waals surface area contributed by atoms with E-state index in [2.05, 4.69) is 10.00 Å². The molecule has 2 aromatic rings. The summed E-state index contributed by atoms with van der Waals surface area (Å²) >= 11 is 5.83. The number of rotatable bonds is 5. The van der Waals surface area contributed by atoms with Crippen molar-refractivity contribution in [3.8, 4) is 0 Å². The minimum absolute atomic E-state index is 0.515. The molecule has 19 heavy (non-hydrogen) atoms. The SMILES string of the molecule is CN(Cc1cnn(C)c1)CC(O)c1ccc(Cl)cc1. The molecular formula is C14H18ClN3O. The van der Waals surface area contributed by atoms with Crippen LogP contribution >= 0.6 is 11.6 Å². The van der Waals surface area contributed by atoms with Crippen LogP contribution in [0.15, 0.2) is 36.7 Å². The Kier molecular flexibility index (Phi) is 4.58. The van der Waals surface area contributed by atoms with Crippen LogP contribution in [-0.4, -0.2) is 33.4 Å². The van der Waals surface area contributed by atoms with E-state index >= 15 is 0 Å². The van der Waals surface area contributed by atoms with Gasteiger partial charge in [-0.05, 0) is 24.7 Å². The van der Waals surface area contributed by atoms with Gasteiger partial charge in [0.2, 0.25) is 0 Å². The van der Waals surface area contributed by atoms with Crippen LogP contribution in [0.25, 0.3) is 0 Å². The van der Waals surface area contributed by atoms with E-state index in [9.17, 15) is 5.11 Å². The third-order valence-corrected chi connectivity index (χ3v) is 3.20. The highest BCUT2D eigenvalue weighted by Crippen LogP contribution is 2.17. The minimum atomic E-state index is -0.515. The van der Waals surface area contributed by atoms with Crippen LogP contribution in [0.5, 0.6) is 0 Å². The quantitative estimate of drug-likeness (QED) is 0.913. The topological polar surface area (TPSA) is 41.3 Å². The highest BCUT2D eigenvalue weighted by Gasteiger charge is 2.11. The van der Waals surface area contributed by atoms with Crippen LogP contribution < -0.4 is 0 Å². The molecule has 1 aromatic carbocycles. The van der Waals surface area contributed by atoms with Crippen LogP contribution in [0.2, 0.25) is 5.02 Å². The standard InChI is InChI=1S/C14H18ClN3O/c1-17(8-11-7-16-18(2)9-11)10-14(19)12-3-5-13(15)6-4-12/h3-7,9,14,19H,8,10H2,1-2H3. The molecule has 4 nitrogen and oxygen atoms in total. The Morgan fingerprint density at radius 1 is 1.37 bits per heavy atom. The third kappa shape index (κ3) is 4.06. The van der Waals surface area contributed by atoms with Gasteiger partial charge in [0.1, 0.15) is 0 Å². The predicted molar refractivity (Wildman–Crippen MR) is 76.0 cm³/mol. The van der Waals surface area contributed by atoms with E-state index < -0.39 is 6.10 Å². The summed E-state index contributed by atoms with van der Waals surface area (Å²) in [6.07, 6.45) is 3.30. The van der Waals surface area contributed by atoms with Crippen LogP contribution in [0.1, 0.15) is 17.2 Å². The fourth-order valence-electron chi connectivity index (χ4n) is 2.02. The van der Waals surface area contributed by atoms with Crippen LogP contribution in [0.3, 0.4) is 0 Å². The molecule has 5 heteroatoms. The number of aliphatic hydroxyl groups excluding tert-OH is 1. The van der Waals surface area contributed by atoms with Crippen molar-refractivity contribution in [2.45, 2.75) is 12.6 Å². The highest BCUT2D eigenvalue weighted by atomic mass is 35.5. The van der Waals surface area contributed by atoms with Crippen molar-refractivity contribution in [3.05, 3.63) is 52.8 Å². The van der Waals surface area contributed by atoms with Crippen molar-refractivity contribution in [3.63, 3.8) is 0 Å². The molecule has 0 spiro atoms. The summed E-state index contributed by atoms with van der Waals surface area (Å²) in [5.74, 6) is 0. The first-order valence-corrected chi connectivity index (χ1v) is 6.52. The smallest absolute Gasteiger partial charge is 0.0916 e. The average Bonchev–Trinajstić information content (AvgIpc) is 2.75. The number of benzene rings is 1. The number of hydrogen-bond donors (Lipinski definition) is 1. The van der Waals surface area contributed by atoms with Gasteiger partial charge in [0.15, 0.2) is 0 Å². The van der Waals surface area contributed by atoms with Gasteiger partial charge >= 0.3 is 0 Å². The molecule has 2 rings (SSSR count). The maximum Gasteiger partial charge on any atom is 0.0916 e. The Balaban J connectivity index is 1.91. The van der Waals surface area contributed by atoms with E-state index in [1.54, 1.807) is 16.8 Å². The molecule has 1 heterocycles. The number of halogens is 1.